The topological polar surface area (TPSA) is 123 Å². The van der Waals surface area contributed by atoms with Gasteiger partial charge in [0.1, 0.15) is 31.9 Å². The Morgan fingerprint density at radius 3 is 2.43 bits per heavy atom. The summed E-state index contributed by atoms with van der Waals surface area (Å²) >= 11 is 0. The molecule has 2 heterocycles. The van der Waals surface area contributed by atoms with Crippen molar-refractivity contribution in [1.29, 1.82) is 0 Å². The molecule has 10 nitrogen and oxygen atoms in total. The molecule has 0 spiro atoms. The van der Waals surface area contributed by atoms with Crippen LogP contribution in [0.25, 0.3) is 10.4 Å². The third kappa shape index (κ3) is 5.43. The van der Waals surface area contributed by atoms with E-state index in [-0.39, 0.29) is 11.6 Å². The molecule has 11 heteroatoms. The van der Waals surface area contributed by atoms with Gasteiger partial charge in [-0.25, -0.2) is 9.69 Å². The fraction of sp³-hybridized carbons (Fsp3) is 0.462. The third-order valence-electron chi connectivity index (χ3n) is 7.13. The molecule has 0 aliphatic carbocycles. The van der Waals surface area contributed by atoms with Crippen molar-refractivity contribution in [3.63, 3.8) is 0 Å². The Morgan fingerprint density at radius 1 is 1.11 bits per heavy atom. The standard InChI is InChI=1S/C26H32N4O6Si/c1-26(2,3)37(4,5)36-23(18-11-12-20-21(15-18)34-14-13-33-20)22(28-29-27)24(31)30-19(16-35-25(30)32)17-9-7-6-8-10-17/h6-12,15,19,22-23H,13-14,16H2,1-5H3/t19-,22+,23-/m1/s1. The van der Waals surface area contributed by atoms with Crippen LogP contribution in [0, 0.1) is 0 Å². The Balaban J connectivity index is 1.78. The number of hydrogen-bond donors (Lipinski definition) is 0. The molecule has 4 rings (SSSR count). The summed E-state index contributed by atoms with van der Waals surface area (Å²) in [5, 5.41) is 3.69. The molecule has 2 aliphatic rings. The van der Waals surface area contributed by atoms with Crippen molar-refractivity contribution in [2.75, 3.05) is 19.8 Å². The average molecular weight is 525 g/mol. The van der Waals surface area contributed by atoms with Crippen LogP contribution >= 0.6 is 0 Å². The minimum absolute atomic E-state index is 0.00928. The van der Waals surface area contributed by atoms with Gasteiger partial charge in [0, 0.05) is 4.91 Å². The smallest absolute Gasteiger partial charge is 0.417 e. The summed E-state index contributed by atoms with van der Waals surface area (Å²) in [4.78, 5) is 30.8. The maximum absolute atomic E-state index is 14.0. The highest BCUT2D eigenvalue weighted by Crippen LogP contribution is 2.43. The second-order valence-corrected chi connectivity index (χ2v) is 15.3. The number of rotatable bonds is 7. The van der Waals surface area contributed by atoms with Crippen molar-refractivity contribution >= 4 is 20.3 Å². The minimum Gasteiger partial charge on any atom is -0.486 e. The van der Waals surface area contributed by atoms with E-state index in [0.717, 1.165) is 10.5 Å². The van der Waals surface area contributed by atoms with Crippen LogP contribution in [0.2, 0.25) is 18.1 Å². The zero-order valence-corrected chi connectivity index (χ0v) is 22.7. The van der Waals surface area contributed by atoms with Crippen LogP contribution in [0.15, 0.2) is 53.6 Å². The van der Waals surface area contributed by atoms with Gasteiger partial charge in [-0.15, -0.1) is 0 Å². The van der Waals surface area contributed by atoms with E-state index in [1.807, 2.05) is 43.4 Å². The summed E-state index contributed by atoms with van der Waals surface area (Å²) in [5.74, 6) is 0.412. The largest absolute Gasteiger partial charge is 0.486 e. The van der Waals surface area contributed by atoms with E-state index in [1.54, 1.807) is 18.2 Å². The number of benzene rings is 2. The van der Waals surface area contributed by atoms with Crippen molar-refractivity contribution in [1.82, 2.24) is 4.90 Å². The van der Waals surface area contributed by atoms with Gasteiger partial charge in [0.15, 0.2) is 19.8 Å². The molecule has 3 atom stereocenters. The molecule has 0 N–H and O–H groups in total. The highest BCUT2D eigenvalue weighted by Gasteiger charge is 2.47. The highest BCUT2D eigenvalue weighted by atomic mass is 28.4. The van der Waals surface area contributed by atoms with E-state index < -0.39 is 38.5 Å². The number of azide groups is 1. The van der Waals surface area contributed by atoms with Crippen LogP contribution in [0.5, 0.6) is 11.5 Å². The molecule has 0 bridgehead atoms. The predicted octanol–water partition coefficient (Wildman–Crippen LogP) is 5.92. The van der Waals surface area contributed by atoms with Crippen LogP contribution in [0.4, 0.5) is 4.79 Å². The molecule has 2 aromatic rings. The molecular formula is C26H32N4O6Si. The summed E-state index contributed by atoms with van der Waals surface area (Å²) in [6.45, 7) is 11.2. The minimum atomic E-state index is -2.50. The average Bonchev–Trinajstić information content (AvgIpc) is 3.26. The normalized spacial score (nSPS) is 19.0. The first kappa shape index (κ1) is 26.5. The first-order valence-corrected chi connectivity index (χ1v) is 15.1. The molecule has 37 heavy (non-hydrogen) atoms. The van der Waals surface area contributed by atoms with Gasteiger partial charge >= 0.3 is 6.09 Å². The molecule has 1 saturated heterocycles. The number of cyclic esters (lactones) is 1. The Hall–Kier alpha value is -3.53. The van der Waals surface area contributed by atoms with Gasteiger partial charge in [-0.05, 0) is 46.9 Å². The molecule has 0 radical (unpaired) electrons. The van der Waals surface area contributed by atoms with Crippen molar-refractivity contribution in [3.8, 4) is 11.5 Å². The first-order chi connectivity index (χ1) is 17.5. The lowest BCUT2D eigenvalue weighted by atomic mass is 9.99. The lowest BCUT2D eigenvalue weighted by molar-refractivity contribution is -0.133. The summed E-state index contributed by atoms with van der Waals surface area (Å²) in [5.41, 5.74) is 10.8. The number of carbonyl (C=O) groups is 2. The summed E-state index contributed by atoms with van der Waals surface area (Å²) in [6, 6.07) is 12.4. The Morgan fingerprint density at radius 2 is 1.78 bits per heavy atom. The predicted molar refractivity (Wildman–Crippen MR) is 139 cm³/mol. The van der Waals surface area contributed by atoms with Gasteiger partial charge in [0.05, 0.1) is 6.10 Å². The third-order valence-corrected chi connectivity index (χ3v) is 11.6. The lowest BCUT2D eigenvalue weighted by Crippen LogP contribution is -2.48. The van der Waals surface area contributed by atoms with E-state index in [1.165, 1.54) is 0 Å². The zero-order chi connectivity index (χ0) is 26.8. The summed E-state index contributed by atoms with van der Waals surface area (Å²) in [6.07, 6.45) is -1.75. The maximum atomic E-state index is 14.0. The number of ether oxygens (including phenoxy) is 3. The molecule has 1 fully saturated rings. The maximum Gasteiger partial charge on any atom is 0.417 e. The van der Waals surface area contributed by atoms with E-state index >= 15 is 0 Å². The van der Waals surface area contributed by atoms with Crippen LogP contribution < -0.4 is 9.47 Å². The molecule has 0 unspecified atom stereocenters. The van der Waals surface area contributed by atoms with Crippen molar-refractivity contribution in [3.05, 3.63) is 70.1 Å². The van der Waals surface area contributed by atoms with E-state index in [9.17, 15) is 15.1 Å². The van der Waals surface area contributed by atoms with Gasteiger partial charge in [-0.3, -0.25) is 4.79 Å². The number of fused-ring (bicyclic) bond motifs is 1. The highest BCUT2D eigenvalue weighted by molar-refractivity contribution is 6.74. The molecular weight excluding hydrogens is 492 g/mol. The lowest BCUT2D eigenvalue weighted by Gasteiger charge is -2.41. The fourth-order valence-corrected chi connectivity index (χ4v) is 5.32. The fourth-order valence-electron chi connectivity index (χ4n) is 4.07. The van der Waals surface area contributed by atoms with Gasteiger partial charge in [-0.1, -0.05) is 62.3 Å². The second kappa shape index (κ2) is 10.4. The van der Waals surface area contributed by atoms with Gasteiger partial charge < -0.3 is 18.6 Å². The monoisotopic (exact) mass is 524 g/mol. The van der Waals surface area contributed by atoms with Crippen LogP contribution in [-0.4, -0.2) is 51.1 Å². The Bertz CT molecular complexity index is 1210. The number of carbonyl (C=O) groups excluding carboxylic acids is 2. The Kier molecular flexibility index (Phi) is 7.49. The number of imide groups is 1. The first-order valence-electron chi connectivity index (χ1n) is 12.2. The van der Waals surface area contributed by atoms with Gasteiger partial charge in [0.2, 0.25) is 5.91 Å². The molecule has 0 aromatic heterocycles. The van der Waals surface area contributed by atoms with E-state index in [2.05, 4.69) is 30.8 Å². The van der Waals surface area contributed by atoms with Gasteiger partial charge in [0.25, 0.3) is 0 Å². The quantitative estimate of drug-likeness (QED) is 0.192. The molecule has 2 aromatic carbocycles. The van der Waals surface area contributed by atoms with E-state index in [4.69, 9.17) is 18.6 Å². The van der Waals surface area contributed by atoms with E-state index in [0.29, 0.717) is 30.3 Å². The molecule has 0 saturated carbocycles. The van der Waals surface area contributed by atoms with Gasteiger partial charge in [-0.2, -0.15) is 0 Å². The number of amides is 2. The van der Waals surface area contributed by atoms with Crippen LogP contribution in [0.1, 0.15) is 44.0 Å². The number of nitrogens with zero attached hydrogens (tertiary/aromatic N) is 4. The van der Waals surface area contributed by atoms with Crippen molar-refractivity contribution in [2.45, 2.75) is 57.1 Å². The van der Waals surface area contributed by atoms with Crippen LogP contribution in [0.3, 0.4) is 0 Å². The van der Waals surface area contributed by atoms with Crippen molar-refractivity contribution in [2.24, 2.45) is 5.11 Å². The zero-order valence-electron chi connectivity index (χ0n) is 21.7. The van der Waals surface area contributed by atoms with Crippen molar-refractivity contribution < 1.29 is 28.2 Å². The Labute approximate surface area is 217 Å². The SMILES string of the molecule is CC(C)(C)[Si](C)(C)O[C@H](c1ccc2c(c1)OCCO2)[C@H](N=[N+]=[N-])C(=O)N1C(=O)OC[C@@H]1c1ccccc1. The summed E-state index contributed by atoms with van der Waals surface area (Å²) < 4.78 is 23.4. The molecule has 2 amide bonds. The van der Waals surface area contributed by atoms with Crippen LogP contribution in [-0.2, 0) is 14.0 Å². The summed E-state index contributed by atoms with van der Waals surface area (Å²) in [7, 11) is -2.50. The molecule has 196 valence electrons. The second-order valence-electron chi connectivity index (χ2n) is 10.6. The molecule has 2 aliphatic heterocycles. The number of hydrogen-bond acceptors (Lipinski definition) is 7.